The molecule has 0 aliphatic carbocycles. The van der Waals surface area contributed by atoms with Crippen LogP contribution >= 0.6 is 24.8 Å². The number of nitrogens with zero attached hydrogens (tertiary/aromatic N) is 2. The number of ether oxygens (including phenoxy) is 1. The maximum atomic E-state index is 11.1. The second-order valence-corrected chi connectivity index (χ2v) is 8.33. The van der Waals surface area contributed by atoms with E-state index in [4.69, 9.17) is 4.74 Å². The van der Waals surface area contributed by atoms with Crippen molar-refractivity contribution in [3.63, 3.8) is 0 Å². The summed E-state index contributed by atoms with van der Waals surface area (Å²) in [5.74, 6) is 0.938. The zero-order valence-corrected chi connectivity index (χ0v) is 20.5. The van der Waals surface area contributed by atoms with Crippen molar-refractivity contribution in [2.45, 2.75) is 51.2 Å². The van der Waals surface area contributed by atoms with Crippen LogP contribution < -0.4 is 9.64 Å². The van der Waals surface area contributed by atoms with Gasteiger partial charge in [-0.1, -0.05) is 55.8 Å². The van der Waals surface area contributed by atoms with Crippen LogP contribution in [-0.2, 0) is 6.54 Å². The molecule has 6 heteroatoms. The number of piperidine rings is 1. The number of aliphatic hydroxyl groups is 1. The molecule has 2 aromatic rings. The fraction of sp³-hybridized carbons (Fsp3) is 0.520. The van der Waals surface area contributed by atoms with Crippen LogP contribution in [0.25, 0.3) is 0 Å². The van der Waals surface area contributed by atoms with Gasteiger partial charge in [-0.05, 0) is 43.4 Å². The first kappa shape index (κ1) is 27.6. The van der Waals surface area contributed by atoms with E-state index < -0.39 is 5.60 Å². The Bertz CT molecular complexity index is 737. The molecule has 1 fully saturated rings. The second kappa shape index (κ2) is 13.8. The van der Waals surface area contributed by atoms with E-state index in [9.17, 15) is 5.11 Å². The van der Waals surface area contributed by atoms with Gasteiger partial charge in [-0.2, -0.15) is 0 Å². The molecule has 0 atom stereocenters. The van der Waals surface area contributed by atoms with Gasteiger partial charge in [0.2, 0.25) is 0 Å². The molecule has 31 heavy (non-hydrogen) atoms. The molecule has 1 aliphatic heterocycles. The van der Waals surface area contributed by atoms with Gasteiger partial charge in [-0.25, -0.2) is 0 Å². The molecule has 1 saturated heterocycles. The molecule has 0 saturated carbocycles. The molecule has 174 valence electrons. The van der Waals surface area contributed by atoms with Crippen molar-refractivity contribution in [3.05, 3.63) is 60.2 Å². The van der Waals surface area contributed by atoms with Crippen molar-refractivity contribution in [2.24, 2.45) is 0 Å². The highest BCUT2D eigenvalue weighted by molar-refractivity contribution is 5.85. The van der Waals surface area contributed by atoms with E-state index in [2.05, 4.69) is 66.2 Å². The minimum Gasteiger partial charge on any atom is -0.491 e. The highest BCUT2D eigenvalue weighted by Gasteiger charge is 2.32. The molecule has 0 bridgehead atoms. The van der Waals surface area contributed by atoms with Crippen molar-refractivity contribution in [1.82, 2.24) is 4.90 Å². The third-order valence-corrected chi connectivity index (χ3v) is 5.98. The number of halogens is 2. The maximum absolute atomic E-state index is 11.1. The molecule has 1 aliphatic rings. The summed E-state index contributed by atoms with van der Waals surface area (Å²) in [6.45, 7) is 6.62. The predicted molar refractivity (Wildman–Crippen MR) is 135 cm³/mol. The summed E-state index contributed by atoms with van der Waals surface area (Å²) in [5.41, 5.74) is 1.88. The zero-order chi connectivity index (χ0) is 20.5. The Kier molecular flexibility index (Phi) is 12.3. The van der Waals surface area contributed by atoms with E-state index in [-0.39, 0.29) is 24.8 Å². The summed E-state index contributed by atoms with van der Waals surface area (Å²) >= 11 is 0. The number of hydrogen-bond acceptors (Lipinski definition) is 4. The molecule has 0 amide bonds. The van der Waals surface area contributed by atoms with Crippen LogP contribution in [0, 0.1) is 0 Å². The Morgan fingerprint density at radius 3 is 2.32 bits per heavy atom. The van der Waals surface area contributed by atoms with E-state index in [1.165, 1.54) is 5.56 Å². The SMILES string of the molecule is CCCCOc1ccccc1N(C)CCC1(O)CCN(Cc2ccccc2)CC1.Cl.Cl. The molecule has 0 spiro atoms. The van der Waals surface area contributed by atoms with Gasteiger partial charge in [-0.3, -0.25) is 4.90 Å². The lowest BCUT2D eigenvalue weighted by Crippen LogP contribution is -2.45. The molecule has 3 rings (SSSR count). The Hall–Kier alpha value is -1.46. The predicted octanol–water partition coefficient (Wildman–Crippen LogP) is 5.56. The number of benzene rings is 2. The Balaban J connectivity index is 0.00000240. The number of anilines is 1. The second-order valence-electron chi connectivity index (χ2n) is 8.33. The highest BCUT2D eigenvalue weighted by Crippen LogP contribution is 2.31. The van der Waals surface area contributed by atoms with Gasteiger partial charge in [0.1, 0.15) is 5.75 Å². The van der Waals surface area contributed by atoms with Gasteiger partial charge in [0.25, 0.3) is 0 Å². The third-order valence-electron chi connectivity index (χ3n) is 5.98. The molecule has 0 radical (unpaired) electrons. The lowest BCUT2D eigenvalue weighted by Gasteiger charge is -2.39. The number of hydrogen-bond donors (Lipinski definition) is 1. The third kappa shape index (κ3) is 8.53. The van der Waals surface area contributed by atoms with Crippen LogP contribution in [0.1, 0.15) is 44.6 Å². The number of likely N-dealkylation sites (tertiary alicyclic amines) is 1. The van der Waals surface area contributed by atoms with Gasteiger partial charge in [0.05, 0.1) is 17.9 Å². The largest absolute Gasteiger partial charge is 0.491 e. The van der Waals surface area contributed by atoms with Crippen molar-refractivity contribution >= 4 is 30.5 Å². The lowest BCUT2D eigenvalue weighted by atomic mass is 9.88. The zero-order valence-electron chi connectivity index (χ0n) is 18.8. The quantitative estimate of drug-likeness (QED) is 0.462. The van der Waals surface area contributed by atoms with Crippen molar-refractivity contribution in [3.8, 4) is 5.75 Å². The van der Waals surface area contributed by atoms with Crippen LogP contribution in [0.4, 0.5) is 5.69 Å². The number of unbranched alkanes of at least 4 members (excludes halogenated alkanes) is 1. The Labute approximate surface area is 200 Å². The van der Waals surface area contributed by atoms with Crippen LogP contribution in [0.2, 0.25) is 0 Å². The summed E-state index contributed by atoms with van der Waals surface area (Å²) in [7, 11) is 2.09. The fourth-order valence-electron chi connectivity index (χ4n) is 3.94. The van der Waals surface area contributed by atoms with Crippen LogP contribution in [0.3, 0.4) is 0 Å². The van der Waals surface area contributed by atoms with E-state index in [1.807, 2.05) is 12.1 Å². The minimum atomic E-state index is -0.570. The number of para-hydroxylation sites is 2. The average Bonchev–Trinajstić information content (AvgIpc) is 2.75. The van der Waals surface area contributed by atoms with E-state index in [1.54, 1.807) is 0 Å². The monoisotopic (exact) mass is 468 g/mol. The first-order chi connectivity index (χ1) is 14.1. The molecule has 4 nitrogen and oxygen atoms in total. The van der Waals surface area contributed by atoms with Crippen LogP contribution in [-0.4, -0.2) is 48.9 Å². The average molecular weight is 469 g/mol. The van der Waals surface area contributed by atoms with Crippen molar-refractivity contribution < 1.29 is 9.84 Å². The van der Waals surface area contributed by atoms with Crippen LogP contribution in [0.15, 0.2) is 54.6 Å². The molecule has 2 aromatic carbocycles. The normalized spacial score (nSPS) is 15.5. The minimum absolute atomic E-state index is 0. The first-order valence-electron chi connectivity index (χ1n) is 11.0. The summed E-state index contributed by atoms with van der Waals surface area (Å²) in [6, 6.07) is 18.8. The van der Waals surface area contributed by atoms with Gasteiger partial charge in [0.15, 0.2) is 0 Å². The topological polar surface area (TPSA) is 35.9 Å². The Morgan fingerprint density at radius 2 is 1.65 bits per heavy atom. The van der Waals surface area contributed by atoms with E-state index in [0.29, 0.717) is 0 Å². The lowest BCUT2D eigenvalue weighted by molar-refractivity contribution is -0.0275. The van der Waals surface area contributed by atoms with Gasteiger partial charge in [0, 0.05) is 33.2 Å². The molecule has 1 heterocycles. The summed E-state index contributed by atoms with van der Waals surface area (Å²) in [6.07, 6.45) is 4.65. The summed E-state index contributed by atoms with van der Waals surface area (Å²) < 4.78 is 5.98. The molecule has 1 N–H and O–H groups in total. The molecule has 0 aromatic heterocycles. The maximum Gasteiger partial charge on any atom is 0.142 e. The van der Waals surface area contributed by atoms with Crippen molar-refractivity contribution in [2.75, 3.05) is 38.2 Å². The standard InChI is InChI=1S/C25H36N2O2.2ClH/c1-3-4-20-29-24-13-9-8-12-23(24)26(2)17-14-25(28)15-18-27(19-16-25)21-22-10-6-5-7-11-22;;/h5-13,28H,3-4,14-21H2,1-2H3;2*1H. The molecular weight excluding hydrogens is 431 g/mol. The molecular formula is C25H38Cl2N2O2. The summed E-state index contributed by atoms with van der Waals surface area (Å²) in [4.78, 5) is 4.67. The molecule has 0 unspecified atom stereocenters. The first-order valence-corrected chi connectivity index (χ1v) is 11.0. The number of rotatable bonds is 10. The van der Waals surface area contributed by atoms with Gasteiger partial charge < -0.3 is 14.7 Å². The van der Waals surface area contributed by atoms with Crippen molar-refractivity contribution in [1.29, 1.82) is 0 Å². The van der Waals surface area contributed by atoms with Crippen LogP contribution in [0.5, 0.6) is 5.75 Å². The van der Waals surface area contributed by atoms with Gasteiger partial charge >= 0.3 is 0 Å². The fourth-order valence-corrected chi connectivity index (χ4v) is 3.94. The highest BCUT2D eigenvalue weighted by atomic mass is 35.5. The summed E-state index contributed by atoms with van der Waals surface area (Å²) in [5, 5.41) is 11.1. The Morgan fingerprint density at radius 1 is 1.00 bits per heavy atom. The van der Waals surface area contributed by atoms with E-state index >= 15 is 0 Å². The smallest absolute Gasteiger partial charge is 0.142 e. The van der Waals surface area contributed by atoms with E-state index in [0.717, 1.165) is 76.3 Å². The van der Waals surface area contributed by atoms with Gasteiger partial charge in [-0.15, -0.1) is 24.8 Å².